The number of anilines is 5. The van der Waals surface area contributed by atoms with Gasteiger partial charge in [-0.3, -0.25) is 0 Å². The minimum Gasteiger partial charge on any atom is -0.311 e. The van der Waals surface area contributed by atoms with Crippen molar-refractivity contribution in [3.8, 4) is 44.5 Å². The number of hydrogen-bond donors (Lipinski definition) is 0. The molecule has 88 heavy (non-hydrogen) atoms. The van der Waals surface area contributed by atoms with E-state index in [4.69, 9.17) is 0 Å². The molecular weight excluding hydrogens is 1060 g/mol. The van der Waals surface area contributed by atoms with Crippen LogP contribution in [0.15, 0.2) is 259 Å². The highest BCUT2D eigenvalue weighted by Gasteiger charge is 2.45. The van der Waals surface area contributed by atoms with Crippen molar-refractivity contribution in [3.05, 3.63) is 298 Å². The van der Waals surface area contributed by atoms with Gasteiger partial charge in [0, 0.05) is 61.7 Å². The summed E-state index contributed by atoms with van der Waals surface area (Å²) < 4.78 is 0. The van der Waals surface area contributed by atoms with Gasteiger partial charge in [-0.25, -0.2) is 0 Å². The fraction of sp³-hybridized carbons (Fsp3) is 0.209. The van der Waals surface area contributed by atoms with Crippen molar-refractivity contribution in [3.63, 3.8) is 0 Å². The largest absolute Gasteiger partial charge is 0.311 e. The highest BCUT2D eigenvalue weighted by atomic mass is 15.2. The van der Waals surface area contributed by atoms with Crippen LogP contribution in [0.3, 0.4) is 0 Å². The van der Waals surface area contributed by atoms with E-state index in [9.17, 15) is 0 Å². The van der Waals surface area contributed by atoms with Gasteiger partial charge in [0.25, 0.3) is 0 Å². The van der Waals surface area contributed by atoms with E-state index in [0.29, 0.717) is 5.92 Å². The van der Waals surface area contributed by atoms with E-state index in [0.717, 1.165) is 49.2 Å². The van der Waals surface area contributed by atoms with Crippen LogP contribution in [0.1, 0.15) is 126 Å². The third-order valence-electron chi connectivity index (χ3n) is 22.0. The summed E-state index contributed by atoms with van der Waals surface area (Å²) in [6, 6.07) is 75.1. The molecule has 0 aromatic heterocycles. The van der Waals surface area contributed by atoms with Crippen molar-refractivity contribution in [2.45, 2.75) is 104 Å². The number of rotatable bonds is 8. The molecule has 7 aliphatic carbocycles. The van der Waals surface area contributed by atoms with E-state index < -0.39 is 0 Å². The standard InChI is InChI=1S/C86H74N2/c1-83(2)73-31-19-15-27-61(73)65-41-35-57(49-77(65)83)87(58-36-42-66-62-28-16-20-32-74(62)84(3,4)78(66)50-58)55-39-45-69-71(47-55)81(53-23-11-9-12-24-53)70-46-40-56(48-72(70)82(69)54-25-13-10-14-26-54)88(59-37-43-67-63-29-17-21-33-75(63)85(5,6)79(67)51-59)60-38-44-68-64-30-18-22-34-76(64)86(7,8)80(68)52-60/h9-13,15-19,21-25,27-31,33-41,43-52,66H,14,20,26,32,42H2,1-8H3. The lowest BCUT2D eigenvalue weighted by Crippen LogP contribution is -2.23. The molecule has 10 aromatic rings. The summed E-state index contributed by atoms with van der Waals surface area (Å²) in [6.07, 6.45) is 22.2. The zero-order valence-electron chi connectivity index (χ0n) is 52.0. The normalized spacial score (nSPS) is 18.8. The first-order valence-electron chi connectivity index (χ1n) is 32.3. The Morgan fingerprint density at radius 3 is 1.39 bits per heavy atom. The van der Waals surface area contributed by atoms with Crippen LogP contribution in [0.25, 0.3) is 71.6 Å². The molecule has 0 saturated heterocycles. The second-order valence-corrected chi connectivity index (χ2v) is 28.1. The molecule has 2 nitrogen and oxygen atoms in total. The molecule has 0 amide bonds. The lowest BCUT2D eigenvalue weighted by molar-refractivity contribution is 0.504. The van der Waals surface area contributed by atoms with Crippen molar-refractivity contribution in [1.29, 1.82) is 0 Å². The van der Waals surface area contributed by atoms with Crippen LogP contribution in [0, 0.1) is 11.3 Å². The van der Waals surface area contributed by atoms with E-state index in [-0.39, 0.29) is 21.7 Å². The van der Waals surface area contributed by atoms with Gasteiger partial charge in [0.15, 0.2) is 0 Å². The Morgan fingerprint density at radius 1 is 0.386 bits per heavy atom. The molecule has 0 heterocycles. The first kappa shape index (κ1) is 53.0. The van der Waals surface area contributed by atoms with Crippen LogP contribution < -0.4 is 9.80 Å². The van der Waals surface area contributed by atoms with Crippen LogP contribution in [0.4, 0.5) is 28.4 Å². The van der Waals surface area contributed by atoms with Gasteiger partial charge in [-0.15, -0.1) is 0 Å². The average Bonchev–Trinajstić information content (AvgIpc) is 1.43. The monoisotopic (exact) mass is 1130 g/mol. The van der Waals surface area contributed by atoms with E-state index >= 15 is 0 Å². The highest BCUT2D eigenvalue weighted by Crippen LogP contribution is 2.59. The summed E-state index contributed by atoms with van der Waals surface area (Å²) in [4.78, 5) is 5.17. The van der Waals surface area contributed by atoms with E-state index in [1.807, 2.05) is 0 Å². The number of fused-ring (bicyclic) bond motifs is 13. The zero-order valence-corrected chi connectivity index (χ0v) is 52.0. The van der Waals surface area contributed by atoms with Gasteiger partial charge in [-0.1, -0.05) is 236 Å². The van der Waals surface area contributed by atoms with Crippen molar-refractivity contribution in [2.75, 3.05) is 9.80 Å². The van der Waals surface area contributed by atoms with Crippen LogP contribution in [-0.2, 0) is 16.2 Å². The Bertz CT molecular complexity index is 4780. The predicted octanol–water partition coefficient (Wildman–Crippen LogP) is 23.4. The molecule has 0 bridgehead atoms. The number of hydrogen-bond acceptors (Lipinski definition) is 2. The molecule has 0 aliphatic heterocycles. The maximum Gasteiger partial charge on any atom is 0.0468 e. The molecule has 10 aromatic carbocycles. The van der Waals surface area contributed by atoms with Crippen LogP contribution in [0.2, 0.25) is 0 Å². The van der Waals surface area contributed by atoms with Gasteiger partial charge >= 0.3 is 0 Å². The SMILES string of the molecule is CC1(C)C2=CC(N(c3ccc4c(c3)C(C)(C)c3ccccc3-4)c3ccc4c(C5=CC=CCC5)c5cc(N(c6ccc7c(c6)C(C)(C)c6ccccc6-7)c6ccc7c(c6)C(C)(C)c6ccccc6-7)ccc5c(-c5ccccc5)c4c3)=CCC2C2=C1CCC=C2. The molecule has 7 aliphatic rings. The fourth-order valence-corrected chi connectivity index (χ4v) is 17.6. The third-order valence-corrected chi connectivity index (χ3v) is 22.0. The molecule has 17 rings (SSSR count). The molecule has 1 atom stereocenters. The zero-order chi connectivity index (χ0) is 59.6. The van der Waals surface area contributed by atoms with E-state index in [2.05, 4.69) is 302 Å². The topological polar surface area (TPSA) is 6.48 Å². The van der Waals surface area contributed by atoms with Gasteiger partial charge < -0.3 is 9.80 Å². The quantitative estimate of drug-likeness (QED) is 0.140. The summed E-state index contributed by atoms with van der Waals surface area (Å²) in [5, 5.41) is 5.06. The van der Waals surface area contributed by atoms with Gasteiger partial charge in [0.1, 0.15) is 0 Å². The lowest BCUT2D eigenvalue weighted by atomic mass is 9.76. The van der Waals surface area contributed by atoms with Crippen molar-refractivity contribution >= 4 is 55.6 Å². The van der Waals surface area contributed by atoms with Crippen molar-refractivity contribution in [2.24, 2.45) is 11.3 Å². The van der Waals surface area contributed by atoms with E-state index in [1.165, 1.54) is 128 Å². The Hall–Kier alpha value is -9.24. The van der Waals surface area contributed by atoms with Crippen molar-refractivity contribution < 1.29 is 0 Å². The molecule has 0 fully saturated rings. The van der Waals surface area contributed by atoms with E-state index in [1.54, 1.807) is 16.7 Å². The van der Waals surface area contributed by atoms with Crippen LogP contribution in [0.5, 0.6) is 0 Å². The minimum atomic E-state index is -0.165. The number of nitrogens with zero attached hydrogens (tertiary/aromatic N) is 2. The fourth-order valence-electron chi connectivity index (χ4n) is 17.6. The summed E-state index contributed by atoms with van der Waals surface area (Å²) >= 11 is 0. The summed E-state index contributed by atoms with van der Waals surface area (Å²) in [5.41, 5.74) is 32.8. The average molecular weight is 1140 g/mol. The molecule has 1 unspecified atom stereocenters. The number of allylic oxidation sites excluding steroid dienone is 11. The first-order valence-corrected chi connectivity index (χ1v) is 32.3. The lowest BCUT2D eigenvalue weighted by Gasteiger charge is -2.34. The van der Waals surface area contributed by atoms with Crippen LogP contribution >= 0.6 is 0 Å². The third kappa shape index (κ3) is 7.60. The first-order chi connectivity index (χ1) is 42.7. The molecule has 2 heteroatoms. The smallest absolute Gasteiger partial charge is 0.0468 e. The Kier molecular flexibility index (Phi) is 11.5. The molecular formula is C86H74N2. The maximum atomic E-state index is 2.61. The Labute approximate surface area is 519 Å². The molecule has 0 saturated carbocycles. The molecule has 0 N–H and O–H groups in total. The maximum absolute atomic E-state index is 2.61. The molecule has 0 spiro atoms. The summed E-state index contributed by atoms with van der Waals surface area (Å²) in [6.45, 7) is 19.4. The second-order valence-electron chi connectivity index (χ2n) is 28.1. The summed E-state index contributed by atoms with van der Waals surface area (Å²) in [5.74, 6) is 0.410. The number of benzene rings is 10. The van der Waals surface area contributed by atoms with Crippen molar-refractivity contribution in [1.82, 2.24) is 0 Å². The Balaban J connectivity index is 0.899. The Morgan fingerprint density at radius 2 is 0.841 bits per heavy atom. The minimum absolute atomic E-state index is 0.0161. The van der Waals surface area contributed by atoms with Gasteiger partial charge in [-0.05, 0) is 215 Å². The van der Waals surface area contributed by atoms with Gasteiger partial charge in [0.05, 0.1) is 0 Å². The predicted molar refractivity (Wildman–Crippen MR) is 373 cm³/mol. The van der Waals surface area contributed by atoms with Gasteiger partial charge in [0.2, 0.25) is 0 Å². The molecule has 0 radical (unpaired) electrons. The van der Waals surface area contributed by atoms with Crippen LogP contribution in [-0.4, -0.2) is 0 Å². The second kappa shape index (κ2) is 19.1. The summed E-state index contributed by atoms with van der Waals surface area (Å²) in [7, 11) is 0. The highest BCUT2D eigenvalue weighted by molar-refractivity contribution is 6.20. The molecule has 428 valence electrons. The van der Waals surface area contributed by atoms with Gasteiger partial charge in [-0.2, -0.15) is 0 Å².